The Balaban J connectivity index is 1.84. The molecule has 0 saturated heterocycles. The summed E-state index contributed by atoms with van der Waals surface area (Å²) in [5.41, 5.74) is 1.04. The highest BCUT2D eigenvalue weighted by atomic mass is 79.9. The normalized spacial score (nSPS) is 10.3. The molecule has 3 aromatic rings. The molecule has 0 aliphatic rings. The van der Waals surface area contributed by atoms with E-state index in [1.54, 1.807) is 54.6 Å². The van der Waals surface area contributed by atoms with E-state index in [0.29, 0.717) is 20.2 Å². The number of para-hydroxylation sites is 1. The molecule has 0 aliphatic carbocycles. The van der Waals surface area contributed by atoms with Crippen LogP contribution in [0.4, 0.5) is 15.8 Å². The zero-order valence-corrected chi connectivity index (χ0v) is 17.0. The Bertz CT molecular complexity index is 1020. The third-order valence-electron chi connectivity index (χ3n) is 3.72. The number of amides is 2. The van der Waals surface area contributed by atoms with Crippen LogP contribution in [0, 0.1) is 5.82 Å². The lowest BCUT2D eigenvalue weighted by Gasteiger charge is -2.12. The summed E-state index contributed by atoms with van der Waals surface area (Å²) in [5.74, 6) is -1.45. The van der Waals surface area contributed by atoms with Crippen molar-refractivity contribution in [2.45, 2.75) is 0 Å². The van der Waals surface area contributed by atoms with Gasteiger partial charge in [-0.3, -0.25) is 9.59 Å². The highest BCUT2D eigenvalue weighted by molar-refractivity contribution is 9.10. The minimum atomic E-state index is -0.563. The summed E-state index contributed by atoms with van der Waals surface area (Å²) < 4.78 is 15.2. The lowest BCUT2D eigenvalue weighted by molar-refractivity contribution is 0.102. The predicted octanol–water partition coefficient (Wildman–Crippen LogP) is 5.86. The van der Waals surface area contributed by atoms with Gasteiger partial charge >= 0.3 is 0 Å². The lowest BCUT2D eigenvalue weighted by atomic mass is 10.1. The van der Waals surface area contributed by atoms with Gasteiger partial charge in [0, 0.05) is 8.95 Å². The first-order valence-electron chi connectivity index (χ1n) is 7.87. The van der Waals surface area contributed by atoms with Crippen molar-refractivity contribution < 1.29 is 14.0 Å². The molecule has 0 saturated carbocycles. The smallest absolute Gasteiger partial charge is 0.257 e. The Kier molecular flexibility index (Phi) is 6.03. The highest BCUT2D eigenvalue weighted by Gasteiger charge is 2.16. The molecule has 7 heteroatoms. The molecular weight excluding hydrogens is 479 g/mol. The third-order valence-corrected chi connectivity index (χ3v) is 4.90. The maximum Gasteiger partial charge on any atom is 0.257 e. The van der Waals surface area contributed by atoms with Crippen LogP contribution < -0.4 is 10.6 Å². The Morgan fingerprint density at radius 3 is 2.04 bits per heavy atom. The number of hydrogen-bond donors (Lipinski definition) is 2. The Labute approximate surface area is 172 Å². The van der Waals surface area contributed by atoms with Gasteiger partial charge in [0.25, 0.3) is 11.8 Å². The molecule has 0 aromatic heterocycles. The summed E-state index contributed by atoms with van der Waals surface area (Å²) >= 11 is 6.50. The Morgan fingerprint density at radius 1 is 0.741 bits per heavy atom. The van der Waals surface area contributed by atoms with Crippen LogP contribution in [-0.4, -0.2) is 11.8 Å². The molecule has 2 N–H and O–H groups in total. The molecule has 0 spiro atoms. The number of anilines is 2. The summed E-state index contributed by atoms with van der Waals surface area (Å²) in [4.78, 5) is 25.1. The minimum Gasteiger partial charge on any atom is -0.321 e. The van der Waals surface area contributed by atoms with E-state index in [2.05, 4.69) is 42.5 Å². The number of benzene rings is 3. The number of nitrogens with one attached hydrogen (secondary N) is 2. The average Bonchev–Trinajstić information content (AvgIpc) is 2.64. The van der Waals surface area contributed by atoms with Crippen molar-refractivity contribution >= 4 is 55.0 Å². The van der Waals surface area contributed by atoms with Crippen LogP contribution in [0.25, 0.3) is 0 Å². The highest BCUT2D eigenvalue weighted by Crippen LogP contribution is 2.23. The van der Waals surface area contributed by atoms with Crippen LogP contribution in [0.5, 0.6) is 0 Å². The number of carbonyl (C=O) groups is 2. The second-order valence-corrected chi connectivity index (χ2v) is 7.33. The van der Waals surface area contributed by atoms with Gasteiger partial charge < -0.3 is 10.6 Å². The number of carbonyl (C=O) groups excluding carboxylic acids is 2. The molecule has 0 heterocycles. The van der Waals surface area contributed by atoms with Crippen molar-refractivity contribution in [3.8, 4) is 0 Å². The topological polar surface area (TPSA) is 58.2 Å². The third kappa shape index (κ3) is 4.61. The minimum absolute atomic E-state index is 0.0510. The van der Waals surface area contributed by atoms with E-state index in [9.17, 15) is 14.0 Å². The number of hydrogen-bond acceptors (Lipinski definition) is 2. The first kappa shape index (κ1) is 19.3. The van der Waals surface area contributed by atoms with E-state index >= 15 is 0 Å². The molecule has 4 nitrogen and oxygen atoms in total. The zero-order chi connectivity index (χ0) is 19.4. The molecule has 3 rings (SSSR count). The second-order valence-electron chi connectivity index (χ2n) is 5.56. The van der Waals surface area contributed by atoms with Crippen molar-refractivity contribution in [1.82, 2.24) is 0 Å². The van der Waals surface area contributed by atoms with Crippen LogP contribution in [0.1, 0.15) is 20.7 Å². The van der Waals surface area contributed by atoms with Crippen molar-refractivity contribution in [2.24, 2.45) is 0 Å². The molecule has 2 amide bonds. The predicted molar refractivity (Wildman–Crippen MR) is 111 cm³/mol. The van der Waals surface area contributed by atoms with Gasteiger partial charge in [-0.25, -0.2) is 4.39 Å². The lowest BCUT2D eigenvalue weighted by Crippen LogP contribution is -2.19. The summed E-state index contributed by atoms with van der Waals surface area (Å²) in [7, 11) is 0. The molecule has 3 aromatic carbocycles. The van der Waals surface area contributed by atoms with Gasteiger partial charge in [0.05, 0.1) is 22.5 Å². The average molecular weight is 492 g/mol. The zero-order valence-electron chi connectivity index (χ0n) is 13.8. The van der Waals surface area contributed by atoms with Crippen molar-refractivity contribution in [3.05, 3.63) is 92.6 Å². The fourth-order valence-electron chi connectivity index (χ4n) is 2.41. The first-order chi connectivity index (χ1) is 13.0. The summed E-state index contributed by atoms with van der Waals surface area (Å²) in [6, 6.07) is 17.8. The van der Waals surface area contributed by atoms with Crippen molar-refractivity contribution in [1.29, 1.82) is 0 Å². The van der Waals surface area contributed by atoms with Crippen molar-refractivity contribution in [2.75, 3.05) is 10.6 Å². The fourth-order valence-corrected chi connectivity index (χ4v) is 3.20. The Morgan fingerprint density at radius 2 is 1.33 bits per heavy atom. The molecule has 136 valence electrons. The van der Waals surface area contributed by atoms with Crippen LogP contribution in [-0.2, 0) is 0 Å². The molecule has 0 fully saturated rings. The molecule has 0 unspecified atom stereocenters. The van der Waals surface area contributed by atoms with Gasteiger partial charge in [0.2, 0.25) is 0 Å². The largest absolute Gasteiger partial charge is 0.321 e. The molecule has 0 atom stereocenters. The summed E-state index contributed by atoms with van der Waals surface area (Å²) in [6.45, 7) is 0. The van der Waals surface area contributed by atoms with Gasteiger partial charge in [0.1, 0.15) is 5.82 Å². The van der Waals surface area contributed by atoms with E-state index < -0.39 is 11.7 Å². The number of rotatable bonds is 4. The molecular formula is C20H13Br2FN2O2. The van der Waals surface area contributed by atoms with Gasteiger partial charge in [-0.15, -0.1) is 0 Å². The van der Waals surface area contributed by atoms with E-state index in [1.807, 2.05) is 0 Å². The van der Waals surface area contributed by atoms with Crippen LogP contribution in [0.3, 0.4) is 0 Å². The van der Waals surface area contributed by atoms with Crippen LogP contribution in [0.2, 0.25) is 0 Å². The van der Waals surface area contributed by atoms with Gasteiger partial charge in [0.15, 0.2) is 0 Å². The summed E-state index contributed by atoms with van der Waals surface area (Å²) in [5, 5.41) is 5.25. The van der Waals surface area contributed by atoms with E-state index in [4.69, 9.17) is 0 Å². The molecule has 0 aliphatic heterocycles. The van der Waals surface area contributed by atoms with Crippen LogP contribution in [0.15, 0.2) is 75.7 Å². The quantitative estimate of drug-likeness (QED) is 0.480. The van der Waals surface area contributed by atoms with Gasteiger partial charge in [-0.2, -0.15) is 0 Å². The van der Waals surface area contributed by atoms with E-state index in [-0.39, 0.29) is 17.2 Å². The maximum absolute atomic E-state index is 14.0. The Hall–Kier alpha value is -2.51. The van der Waals surface area contributed by atoms with Gasteiger partial charge in [-0.1, -0.05) is 40.2 Å². The second kappa shape index (κ2) is 8.45. The molecule has 27 heavy (non-hydrogen) atoms. The van der Waals surface area contributed by atoms with Crippen molar-refractivity contribution in [3.63, 3.8) is 0 Å². The maximum atomic E-state index is 14.0. The summed E-state index contributed by atoms with van der Waals surface area (Å²) in [6.07, 6.45) is 0. The first-order valence-corrected chi connectivity index (χ1v) is 9.45. The molecule has 0 radical (unpaired) electrons. The fraction of sp³-hybridized carbons (Fsp3) is 0. The van der Waals surface area contributed by atoms with E-state index in [1.165, 1.54) is 12.1 Å². The standard InChI is InChI=1S/C20H13Br2FN2O2/c21-12-9-10-18(16(23)11-12)25-20(27)14-6-2-4-8-17(14)24-19(26)13-5-1-3-7-15(13)22/h1-11H,(H,24,26)(H,25,27). The van der Waals surface area contributed by atoms with Crippen LogP contribution >= 0.6 is 31.9 Å². The SMILES string of the molecule is O=C(Nc1ccccc1C(=O)Nc1ccc(Br)cc1F)c1ccccc1Br. The molecule has 0 bridgehead atoms. The van der Waals surface area contributed by atoms with Gasteiger partial charge in [-0.05, 0) is 58.4 Å². The monoisotopic (exact) mass is 490 g/mol. The van der Waals surface area contributed by atoms with E-state index in [0.717, 1.165) is 0 Å². The number of halogens is 3.